The van der Waals surface area contributed by atoms with Crippen molar-refractivity contribution >= 4 is 15.9 Å². The van der Waals surface area contributed by atoms with Gasteiger partial charge >= 0.3 is 0 Å². The standard InChI is InChI=1S/C15H16BrNO/c1-11(14-4-2-3-5-15(14)16)17-10-12-6-8-13(18)9-7-12/h2-9,11,17-18H,10H2,1H3/t11-/m0/s1. The molecule has 2 aromatic rings. The summed E-state index contributed by atoms with van der Waals surface area (Å²) in [5.74, 6) is 0.303. The first-order valence-electron chi connectivity index (χ1n) is 5.92. The maximum Gasteiger partial charge on any atom is 0.115 e. The third-order valence-electron chi connectivity index (χ3n) is 2.92. The molecule has 2 nitrogen and oxygen atoms in total. The third kappa shape index (κ3) is 3.34. The van der Waals surface area contributed by atoms with Crippen LogP contribution in [-0.4, -0.2) is 5.11 Å². The molecule has 0 saturated carbocycles. The molecule has 0 aliphatic rings. The summed E-state index contributed by atoms with van der Waals surface area (Å²) >= 11 is 3.56. The zero-order valence-corrected chi connectivity index (χ0v) is 11.8. The lowest BCUT2D eigenvalue weighted by Gasteiger charge is -2.15. The van der Waals surface area contributed by atoms with Crippen molar-refractivity contribution in [3.8, 4) is 5.75 Å². The van der Waals surface area contributed by atoms with Gasteiger partial charge in [0.2, 0.25) is 0 Å². The molecule has 0 aliphatic heterocycles. The molecule has 2 rings (SSSR count). The van der Waals surface area contributed by atoms with Crippen molar-refractivity contribution in [3.63, 3.8) is 0 Å². The van der Waals surface area contributed by atoms with Gasteiger partial charge in [-0.05, 0) is 36.2 Å². The largest absolute Gasteiger partial charge is 0.508 e. The van der Waals surface area contributed by atoms with Gasteiger partial charge in [-0.1, -0.05) is 46.3 Å². The Bertz CT molecular complexity index is 510. The lowest BCUT2D eigenvalue weighted by atomic mass is 10.1. The smallest absolute Gasteiger partial charge is 0.115 e. The molecule has 0 unspecified atom stereocenters. The monoisotopic (exact) mass is 305 g/mol. The van der Waals surface area contributed by atoms with Crippen LogP contribution in [0.15, 0.2) is 53.0 Å². The zero-order valence-electron chi connectivity index (χ0n) is 10.2. The molecule has 0 heterocycles. The number of nitrogens with one attached hydrogen (secondary N) is 1. The maximum absolute atomic E-state index is 9.22. The molecule has 0 aliphatic carbocycles. The number of phenolic OH excluding ortho intramolecular Hbond substituents is 1. The van der Waals surface area contributed by atoms with Crippen LogP contribution in [0.4, 0.5) is 0 Å². The second kappa shape index (κ2) is 6.03. The van der Waals surface area contributed by atoms with Gasteiger partial charge in [0, 0.05) is 17.1 Å². The van der Waals surface area contributed by atoms with Crippen molar-refractivity contribution in [2.45, 2.75) is 19.5 Å². The Balaban J connectivity index is 1.98. The number of benzene rings is 2. The lowest BCUT2D eigenvalue weighted by Crippen LogP contribution is -2.18. The fraction of sp³-hybridized carbons (Fsp3) is 0.200. The summed E-state index contributed by atoms with van der Waals surface area (Å²) in [5.41, 5.74) is 2.41. The molecule has 0 bridgehead atoms. The molecule has 2 N–H and O–H groups in total. The zero-order chi connectivity index (χ0) is 13.0. The first-order chi connectivity index (χ1) is 8.66. The number of rotatable bonds is 4. The molecule has 1 atom stereocenters. The Morgan fingerprint density at radius 3 is 2.44 bits per heavy atom. The molecular formula is C15H16BrNO. The molecule has 0 aromatic heterocycles. The van der Waals surface area contributed by atoms with Gasteiger partial charge in [-0.3, -0.25) is 0 Å². The predicted octanol–water partition coefficient (Wildman–Crippen LogP) is 4.01. The summed E-state index contributed by atoms with van der Waals surface area (Å²) in [7, 11) is 0. The van der Waals surface area contributed by atoms with E-state index in [9.17, 15) is 5.11 Å². The molecule has 3 heteroatoms. The van der Waals surface area contributed by atoms with E-state index in [0.29, 0.717) is 5.75 Å². The average Bonchev–Trinajstić information content (AvgIpc) is 2.38. The topological polar surface area (TPSA) is 32.3 Å². The fourth-order valence-electron chi connectivity index (χ4n) is 1.82. The quantitative estimate of drug-likeness (QED) is 0.894. The summed E-state index contributed by atoms with van der Waals surface area (Å²) in [6, 6.07) is 15.8. The summed E-state index contributed by atoms with van der Waals surface area (Å²) in [6.45, 7) is 2.92. The van der Waals surface area contributed by atoms with Crippen LogP contribution in [0, 0.1) is 0 Å². The number of phenols is 1. The van der Waals surface area contributed by atoms with Crippen molar-refractivity contribution in [2.24, 2.45) is 0 Å². The molecular weight excluding hydrogens is 290 g/mol. The SMILES string of the molecule is C[C@H](NCc1ccc(O)cc1)c1ccccc1Br. The first-order valence-corrected chi connectivity index (χ1v) is 6.72. The predicted molar refractivity (Wildman–Crippen MR) is 77.5 cm³/mol. The Hall–Kier alpha value is -1.32. The highest BCUT2D eigenvalue weighted by atomic mass is 79.9. The van der Waals surface area contributed by atoms with E-state index in [4.69, 9.17) is 0 Å². The van der Waals surface area contributed by atoms with Crippen molar-refractivity contribution in [1.82, 2.24) is 5.32 Å². The Morgan fingerprint density at radius 2 is 1.78 bits per heavy atom. The van der Waals surface area contributed by atoms with Crippen LogP contribution in [0.1, 0.15) is 24.1 Å². The summed E-state index contributed by atoms with van der Waals surface area (Å²) < 4.78 is 1.12. The molecule has 0 radical (unpaired) electrons. The van der Waals surface area contributed by atoms with E-state index in [2.05, 4.69) is 34.2 Å². The van der Waals surface area contributed by atoms with Crippen LogP contribution in [0.25, 0.3) is 0 Å². The van der Waals surface area contributed by atoms with Gasteiger partial charge in [-0.25, -0.2) is 0 Å². The maximum atomic E-state index is 9.22. The second-order valence-electron chi connectivity index (χ2n) is 4.29. The van der Waals surface area contributed by atoms with E-state index >= 15 is 0 Å². The Morgan fingerprint density at radius 1 is 1.11 bits per heavy atom. The molecule has 0 amide bonds. The minimum atomic E-state index is 0.273. The van der Waals surface area contributed by atoms with E-state index in [1.165, 1.54) is 5.56 Å². The number of halogens is 1. The lowest BCUT2D eigenvalue weighted by molar-refractivity contribution is 0.474. The summed E-state index contributed by atoms with van der Waals surface area (Å²) in [6.07, 6.45) is 0. The highest BCUT2D eigenvalue weighted by Crippen LogP contribution is 2.23. The van der Waals surface area contributed by atoms with Gasteiger partial charge in [0.05, 0.1) is 0 Å². The molecule has 94 valence electrons. The Kier molecular flexibility index (Phi) is 4.39. The highest BCUT2D eigenvalue weighted by Gasteiger charge is 2.07. The summed E-state index contributed by atoms with van der Waals surface area (Å²) in [4.78, 5) is 0. The van der Waals surface area contributed by atoms with Crippen molar-refractivity contribution in [3.05, 3.63) is 64.1 Å². The van der Waals surface area contributed by atoms with Crippen LogP contribution >= 0.6 is 15.9 Å². The molecule has 0 fully saturated rings. The van der Waals surface area contributed by atoms with E-state index in [0.717, 1.165) is 16.6 Å². The minimum absolute atomic E-state index is 0.273. The third-order valence-corrected chi connectivity index (χ3v) is 3.64. The van der Waals surface area contributed by atoms with Gasteiger partial charge < -0.3 is 10.4 Å². The van der Waals surface area contributed by atoms with E-state index in [-0.39, 0.29) is 6.04 Å². The molecule has 18 heavy (non-hydrogen) atoms. The van der Waals surface area contributed by atoms with Gasteiger partial charge in [0.15, 0.2) is 0 Å². The van der Waals surface area contributed by atoms with Gasteiger partial charge in [0.1, 0.15) is 5.75 Å². The Labute approximate surface area is 116 Å². The number of aromatic hydroxyl groups is 1. The molecule has 0 saturated heterocycles. The van der Waals surface area contributed by atoms with Gasteiger partial charge in [-0.15, -0.1) is 0 Å². The van der Waals surface area contributed by atoms with E-state index in [1.54, 1.807) is 12.1 Å². The van der Waals surface area contributed by atoms with Crippen LogP contribution in [-0.2, 0) is 6.54 Å². The van der Waals surface area contributed by atoms with Crippen molar-refractivity contribution < 1.29 is 5.11 Å². The van der Waals surface area contributed by atoms with E-state index in [1.807, 2.05) is 30.3 Å². The van der Waals surface area contributed by atoms with Crippen LogP contribution in [0.3, 0.4) is 0 Å². The van der Waals surface area contributed by atoms with Gasteiger partial charge in [0.25, 0.3) is 0 Å². The molecule has 2 aromatic carbocycles. The number of hydrogen-bond donors (Lipinski definition) is 2. The molecule has 0 spiro atoms. The second-order valence-corrected chi connectivity index (χ2v) is 5.14. The van der Waals surface area contributed by atoms with E-state index < -0.39 is 0 Å². The minimum Gasteiger partial charge on any atom is -0.508 e. The van der Waals surface area contributed by atoms with Crippen LogP contribution in [0.2, 0.25) is 0 Å². The van der Waals surface area contributed by atoms with Crippen molar-refractivity contribution in [2.75, 3.05) is 0 Å². The van der Waals surface area contributed by atoms with Crippen molar-refractivity contribution in [1.29, 1.82) is 0 Å². The van der Waals surface area contributed by atoms with Gasteiger partial charge in [-0.2, -0.15) is 0 Å². The van der Waals surface area contributed by atoms with Crippen LogP contribution < -0.4 is 5.32 Å². The summed E-state index contributed by atoms with van der Waals surface area (Å²) in [5, 5.41) is 12.7. The normalized spacial score (nSPS) is 12.3. The average molecular weight is 306 g/mol. The highest BCUT2D eigenvalue weighted by molar-refractivity contribution is 9.10. The number of hydrogen-bond acceptors (Lipinski definition) is 2. The first kappa shape index (κ1) is 13.1. The van der Waals surface area contributed by atoms with Crippen LogP contribution in [0.5, 0.6) is 5.75 Å². The fourth-order valence-corrected chi connectivity index (χ4v) is 2.45.